The molecule has 0 aliphatic carbocycles. The Morgan fingerprint density at radius 1 is 1.29 bits per heavy atom. The summed E-state index contributed by atoms with van der Waals surface area (Å²) in [4.78, 5) is 11.0. The molecule has 5 N–H and O–H groups in total. The van der Waals surface area contributed by atoms with Gasteiger partial charge in [0.05, 0.1) is 26.7 Å². The highest BCUT2D eigenvalue weighted by Gasteiger charge is 2.21. The van der Waals surface area contributed by atoms with Crippen LogP contribution in [0.2, 0.25) is 5.02 Å². The predicted octanol–water partition coefficient (Wildman–Crippen LogP) is 1.22. The molecule has 24 heavy (non-hydrogen) atoms. The lowest BCUT2D eigenvalue weighted by Crippen LogP contribution is -2.16. The van der Waals surface area contributed by atoms with Gasteiger partial charge in [0.2, 0.25) is 0 Å². The third-order valence-corrected chi connectivity index (χ3v) is 4.84. The Labute approximate surface area is 140 Å². The largest absolute Gasteiger partial charge is 0.506 e. The molecule has 0 unspecified atom stereocenters. The number of rotatable bonds is 4. The molecule has 0 radical (unpaired) electrons. The van der Waals surface area contributed by atoms with Crippen LogP contribution in [0.25, 0.3) is 11.0 Å². The molecule has 3 aromatic rings. The van der Waals surface area contributed by atoms with Gasteiger partial charge in [-0.25, -0.2) is 8.42 Å². The molecule has 0 atom stereocenters. The average molecular weight is 368 g/mol. The monoisotopic (exact) mass is 367 g/mol. The smallest absolute Gasteiger partial charge is 0.261 e. The van der Waals surface area contributed by atoms with Crippen molar-refractivity contribution in [3.8, 4) is 5.75 Å². The van der Waals surface area contributed by atoms with E-state index >= 15 is 0 Å². The number of fused-ring (bicyclic) bond motifs is 1. The SMILES string of the molecule is NC(=O)c1cc(S(=O)(=O)Nc2ccc3nn[nH]c3c2)cc(Cl)c1O. The summed E-state index contributed by atoms with van der Waals surface area (Å²) < 4.78 is 27.3. The molecule has 2 aromatic carbocycles. The van der Waals surface area contributed by atoms with E-state index < -0.39 is 27.2 Å². The van der Waals surface area contributed by atoms with E-state index in [0.29, 0.717) is 11.0 Å². The van der Waals surface area contributed by atoms with E-state index in [9.17, 15) is 18.3 Å². The van der Waals surface area contributed by atoms with Gasteiger partial charge in [0.25, 0.3) is 15.9 Å². The second-order valence-electron chi connectivity index (χ2n) is 4.81. The summed E-state index contributed by atoms with van der Waals surface area (Å²) in [5.74, 6) is -1.58. The summed E-state index contributed by atoms with van der Waals surface area (Å²) in [7, 11) is -4.07. The Balaban J connectivity index is 2.02. The summed E-state index contributed by atoms with van der Waals surface area (Å²) in [6.45, 7) is 0. The molecule has 1 aromatic heterocycles. The van der Waals surface area contributed by atoms with Crippen LogP contribution in [0, 0.1) is 0 Å². The highest BCUT2D eigenvalue weighted by atomic mass is 35.5. The van der Waals surface area contributed by atoms with E-state index in [1.165, 1.54) is 12.1 Å². The van der Waals surface area contributed by atoms with Crippen molar-refractivity contribution in [3.05, 3.63) is 40.9 Å². The summed E-state index contributed by atoms with van der Waals surface area (Å²) in [5.41, 5.74) is 6.07. The van der Waals surface area contributed by atoms with Crippen molar-refractivity contribution < 1.29 is 18.3 Å². The minimum atomic E-state index is -4.07. The van der Waals surface area contributed by atoms with E-state index in [1.807, 2.05) is 0 Å². The van der Waals surface area contributed by atoms with E-state index in [2.05, 4.69) is 20.1 Å². The Morgan fingerprint density at radius 3 is 2.75 bits per heavy atom. The molecule has 124 valence electrons. The summed E-state index contributed by atoms with van der Waals surface area (Å²) in [6, 6.07) is 6.54. The summed E-state index contributed by atoms with van der Waals surface area (Å²) in [5, 5.41) is 19.4. The lowest BCUT2D eigenvalue weighted by atomic mass is 10.2. The van der Waals surface area contributed by atoms with Gasteiger partial charge in [-0.1, -0.05) is 16.8 Å². The number of hydrogen-bond acceptors (Lipinski definition) is 6. The van der Waals surface area contributed by atoms with Crippen molar-refractivity contribution in [2.75, 3.05) is 4.72 Å². The van der Waals surface area contributed by atoms with Crippen molar-refractivity contribution >= 4 is 44.3 Å². The first kappa shape index (κ1) is 16.0. The molecule has 1 amide bonds. The first-order valence-corrected chi connectivity index (χ1v) is 8.30. The van der Waals surface area contributed by atoms with E-state index in [0.717, 1.165) is 12.1 Å². The minimum Gasteiger partial charge on any atom is -0.506 e. The number of aromatic amines is 1. The number of hydrogen-bond donors (Lipinski definition) is 4. The zero-order valence-electron chi connectivity index (χ0n) is 11.8. The van der Waals surface area contributed by atoms with Crippen LogP contribution < -0.4 is 10.5 Å². The molecule has 0 saturated carbocycles. The van der Waals surface area contributed by atoms with E-state index in [-0.39, 0.29) is 15.6 Å². The van der Waals surface area contributed by atoms with Gasteiger partial charge < -0.3 is 10.8 Å². The zero-order chi connectivity index (χ0) is 17.5. The number of halogens is 1. The van der Waals surface area contributed by atoms with Crippen molar-refractivity contribution in [2.45, 2.75) is 4.90 Å². The number of H-pyrrole nitrogens is 1. The number of aromatic hydroxyl groups is 1. The fourth-order valence-electron chi connectivity index (χ4n) is 2.04. The van der Waals surface area contributed by atoms with Crippen LogP contribution >= 0.6 is 11.6 Å². The highest BCUT2D eigenvalue weighted by molar-refractivity contribution is 7.92. The topological polar surface area (TPSA) is 151 Å². The fourth-order valence-corrected chi connectivity index (χ4v) is 3.43. The van der Waals surface area contributed by atoms with Gasteiger partial charge in [0.15, 0.2) is 0 Å². The number of phenols is 1. The molecular weight excluding hydrogens is 358 g/mol. The molecule has 0 aliphatic heterocycles. The van der Waals surface area contributed by atoms with Crippen LogP contribution in [-0.2, 0) is 10.0 Å². The summed E-state index contributed by atoms with van der Waals surface area (Å²) >= 11 is 5.76. The third kappa shape index (κ3) is 2.84. The van der Waals surface area contributed by atoms with Crippen LogP contribution in [0.15, 0.2) is 35.2 Å². The van der Waals surface area contributed by atoms with Crippen molar-refractivity contribution in [1.82, 2.24) is 15.4 Å². The lowest BCUT2D eigenvalue weighted by molar-refractivity contribution is 0.0997. The second-order valence-corrected chi connectivity index (χ2v) is 6.90. The molecule has 11 heteroatoms. The highest BCUT2D eigenvalue weighted by Crippen LogP contribution is 2.31. The first-order valence-electron chi connectivity index (χ1n) is 6.44. The number of anilines is 1. The van der Waals surface area contributed by atoms with Crippen molar-refractivity contribution in [3.63, 3.8) is 0 Å². The number of sulfonamides is 1. The quantitative estimate of drug-likeness (QED) is 0.544. The normalized spacial score (nSPS) is 11.5. The molecule has 0 aliphatic rings. The molecule has 9 nitrogen and oxygen atoms in total. The second kappa shape index (κ2) is 5.65. The van der Waals surface area contributed by atoms with Crippen LogP contribution in [0.5, 0.6) is 5.75 Å². The van der Waals surface area contributed by atoms with Crippen LogP contribution in [-0.4, -0.2) is 34.8 Å². The molecule has 1 heterocycles. The predicted molar refractivity (Wildman–Crippen MR) is 86.3 cm³/mol. The molecule has 0 bridgehead atoms. The summed E-state index contributed by atoms with van der Waals surface area (Å²) in [6.07, 6.45) is 0. The average Bonchev–Trinajstić information content (AvgIpc) is 2.96. The van der Waals surface area contributed by atoms with Crippen LogP contribution in [0.1, 0.15) is 10.4 Å². The minimum absolute atomic E-state index is 0.248. The molecule has 0 fully saturated rings. The van der Waals surface area contributed by atoms with Gasteiger partial charge in [-0.05, 0) is 30.3 Å². The number of nitrogens with zero attached hydrogens (tertiary/aromatic N) is 2. The van der Waals surface area contributed by atoms with Gasteiger partial charge in [0.1, 0.15) is 11.3 Å². The number of primary amides is 1. The number of amides is 1. The maximum Gasteiger partial charge on any atom is 0.261 e. The fraction of sp³-hybridized carbons (Fsp3) is 0. The first-order chi connectivity index (χ1) is 11.3. The standard InChI is InChI=1S/C13H10ClN5O4S/c14-9-5-7(4-8(12(9)20)13(15)21)24(22,23)18-6-1-2-10-11(3-6)17-19-16-10/h1-5,18,20H,(H2,15,21)(H,16,17,19). The van der Waals surface area contributed by atoms with Crippen molar-refractivity contribution in [2.24, 2.45) is 5.73 Å². The Morgan fingerprint density at radius 2 is 2.04 bits per heavy atom. The number of aromatic nitrogens is 3. The Bertz CT molecular complexity index is 1060. The maximum absolute atomic E-state index is 12.5. The lowest BCUT2D eigenvalue weighted by Gasteiger charge is -2.10. The number of carbonyl (C=O) groups excluding carboxylic acids is 1. The van der Waals surface area contributed by atoms with Gasteiger partial charge in [-0.3, -0.25) is 14.6 Å². The zero-order valence-corrected chi connectivity index (χ0v) is 13.4. The van der Waals surface area contributed by atoms with Gasteiger partial charge in [0, 0.05) is 0 Å². The third-order valence-electron chi connectivity index (χ3n) is 3.19. The molecule has 0 saturated heterocycles. The van der Waals surface area contributed by atoms with Crippen LogP contribution in [0.3, 0.4) is 0 Å². The number of nitrogens with one attached hydrogen (secondary N) is 2. The van der Waals surface area contributed by atoms with Crippen LogP contribution in [0.4, 0.5) is 5.69 Å². The maximum atomic E-state index is 12.5. The van der Waals surface area contributed by atoms with Crippen molar-refractivity contribution in [1.29, 1.82) is 0 Å². The number of benzene rings is 2. The van der Waals surface area contributed by atoms with E-state index in [4.69, 9.17) is 17.3 Å². The van der Waals surface area contributed by atoms with Gasteiger partial charge >= 0.3 is 0 Å². The Hall–Kier alpha value is -2.85. The molecule has 0 spiro atoms. The van der Waals surface area contributed by atoms with Gasteiger partial charge in [-0.2, -0.15) is 0 Å². The van der Waals surface area contributed by atoms with E-state index in [1.54, 1.807) is 6.07 Å². The Kier molecular flexibility index (Phi) is 3.78. The number of carbonyl (C=O) groups is 1. The van der Waals surface area contributed by atoms with Gasteiger partial charge in [-0.15, -0.1) is 5.10 Å². The molecular formula is C13H10ClN5O4S. The number of nitrogens with two attached hydrogens (primary N) is 1. The molecule has 3 rings (SSSR count).